The summed E-state index contributed by atoms with van der Waals surface area (Å²) in [4.78, 5) is 15.6. The first-order valence-electron chi connectivity index (χ1n) is 7.10. The van der Waals surface area contributed by atoms with Crippen LogP contribution in [0.5, 0.6) is 0 Å². The lowest BCUT2D eigenvalue weighted by atomic mass is 10.0. The Morgan fingerprint density at radius 3 is 2.52 bits per heavy atom. The number of nitrogens with zero attached hydrogens (tertiary/aromatic N) is 3. The molecule has 1 atom stereocenters. The van der Waals surface area contributed by atoms with Crippen molar-refractivity contribution in [1.29, 1.82) is 5.26 Å². The molecule has 1 aromatic carbocycles. The highest BCUT2D eigenvalue weighted by atomic mass is 16.6. The third kappa shape index (κ3) is 3.88. The van der Waals surface area contributed by atoms with Gasteiger partial charge in [0.1, 0.15) is 5.60 Å². The zero-order valence-electron chi connectivity index (χ0n) is 12.7. The van der Waals surface area contributed by atoms with E-state index >= 15 is 0 Å². The molecule has 0 spiro atoms. The van der Waals surface area contributed by atoms with E-state index in [1.807, 2.05) is 51.1 Å². The van der Waals surface area contributed by atoms with Crippen LogP contribution in [0.4, 0.5) is 4.79 Å². The molecule has 1 amide bonds. The molecular weight excluding hydrogens is 266 g/mol. The molecule has 0 radical (unpaired) electrons. The summed E-state index contributed by atoms with van der Waals surface area (Å²) in [6.07, 6.45) is 1.90. The number of benzene rings is 1. The van der Waals surface area contributed by atoms with Gasteiger partial charge in [-0.1, -0.05) is 30.3 Å². The van der Waals surface area contributed by atoms with Gasteiger partial charge in [-0.15, -0.1) is 0 Å². The Bertz CT molecular complexity index is 531. The smallest absolute Gasteiger partial charge is 0.410 e. The minimum absolute atomic E-state index is 0.113. The van der Waals surface area contributed by atoms with Crippen LogP contribution in [0.2, 0.25) is 0 Å². The number of carbonyl (C=O) groups is 1. The van der Waals surface area contributed by atoms with Crippen LogP contribution >= 0.6 is 0 Å². The van der Waals surface area contributed by atoms with Gasteiger partial charge in [-0.25, -0.2) is 4.79 Å². The molecule has 1 saturated heterocycles. The van der Waals surface area contributed by atoms with Crippen LogP contribution in [0.1, 0.15) is 32.4 Å². The van der Waals surface area contributed by atoms with Crippen molar-refractivity contribution in [3.8, 4) is 6.19 Å². The van der Waals surface area contributed by atoms with Gasteiger partial charge in [0.15, 0.2) is 6.19 Å². The predicted molar refractivity (Wildman–Crippen MR) is 79.3 cm³/mol. The van der Waals surface area contributed by atoms with Gasteiger partial charge < -0.3 is 9.64 Å². The minimum Gasteiger partial charge on any atom is -0.444 e. The van der Waals surface area contributed by atoms with Crippen LogP contribution in [0.3, 0.4) is 0 Å². The fraction of sp³-hybridized carbons (Fsp3) is 0.500. The van der Waals surface area contributed by atoms with E-state index in [0.717, 1.165) is 5.56 Å². The van der Waals surface area contributed by atoms with E-state index < -0.39 is 5.60 Å². The summed E-state index contributed by atoms with van der Waals surface area (Å²) in [5.41, 5.74) is 0.526. The Morgan fingerprint density at radius 2 is 1.95 bits per heavy atom. The molecule has 21 heavy (non-hydrogen) atoms. The summed E-state index contributed by atoms with van der Waals surface area (Å²) >= 11 is 0. The van der Waals surface area contributed by atoms with Crippen molar-refractivity contribution in [3.05, 3.63) is 35.9 Å². The number of ether oxygens (including phenoxy) is 1. The maximum Gasteiger partial charge on any atom is 0.410 e. The van der Waals surface area contributed by atoms with Crippen LogP contribution in [0.15, 0.2) is 30.3 Å². The van der Waals surface area contributed by atoms with E-state index in [9.17, 15) is 10.1 Å². The van der Waals surface area contributed by atoms with Gasteiger partial charge >= 0.3 is 6.09 Å². The third-order valence-corrected chi connectivity index (χ3v) is 3.34. The van der Waals surface area contributed by atoms with Crippen molar-refractivity contribution in [1.82, 2.24) is 9.80 Å². The highest BCUT2D eigenvalue weighted by Gasteiger charge is 2.32. The molecule has 2 rings (SSSR count). The molecule has 0 bridgehead atoms. The van der Waals surface area contributed by atoms with Gasteiger partial charge in [-0.3, -0.25) is 4.90 Å². The monoisotopic (exact) mass is 287 g/mol. The van der Waals surface area contributed by atoms with Crippen LogP contribution in [0.25, 0.3) is 0 Å². The van der Waals surface area contributed by atoms with Gasteiger partial charge in [-0.2, -0.15) is 5.26 Å². The van der Waals surface area contributed by atoms with E-state index in [2.05, 4.69) is 6.19 Å². The number of hydrogen-bond acceptors (Lipinski definition) is 4. The highest BCUT2D eigenvalue weighted by molar-refractivity contribution is 5.68. The molecule has 1 aliphatic rings. The number of amides is 1. The summed E-state index contributed by atoms with van der Waals surface area (Å²) in [7, 11) is 0. The first-order chi connectivity index (χ1) is 9.90. The summed E-state index contributed by atoms with van der Waals surface area (Å²) in [6, 6.07) is 9.67. The molecule has 1 aromatic rings. The molecule has 1 fully saturated rings. The number of hydrogen-bond donors (Lipinski definition) is 0. The number of rotatable bonds is 1. The average molecular weight is 287 g/mol. The predicted octanol–water partition coefficient (Wildman–Crippen LogP) is 2.76. The maximum absolute atomic E-state index is 12.2. The summed E-state index contributed by atoms with van der Waals surface area (Å²) in [5, 5.41) is 9.28. The normalized spacial score (nSPS) is 19.0. The molecule has 112 valence electrons. The summed E-state index contributed by atoms with van der Waals surface area (Å²) < 4.78 is 5.42. The Balaban J connectivity index is 2.13. The SMILES string of the molecule is CC(C)(C)OC(=O)N1CCN(C#N)C(c2ccccc2)C1. The lowest BCUT2D eigenvalue weighted by Crippen LogP contribution is -2.50. The Morgan fingerprint density at radius 1 is 1.29 bits per heavy atom. The van der Waals surface area contributed by atoms with Gasteiger partial charge in [-0.05, 0) is 26.3 Å². The fourth-order valence-corrected chi connectivity index (χ4v) is 2.36. The Hall–Kier alpha value is -2.22. The van der Waals surface area contributed by atoms with E-state index in [0.29, 0.717) is 19.6 Å². The van der Waals surface area contributed by atoms with Gasteiger partial charge in [0.2, 0.25) is 0 Å². The van der Waals surface area contributed by atoms with Crippen molar-refractivity contribution < 1.29 is 9.53 Å². The number of piperazine rings is 1. The van der Waals surface area contributed by atoms with Crippen molar-refractivity contribution in [2.75, 3.05) is 19.6 Å². The Kier molecular flexibility index (Phi) is 4.37. The van der Waals surface area contributed by atoms with Crippen LogP contribution in [-0.2, 0) is 4.74 Å². The second-order valence-electron chi connectivity index (χ2n) is 6.15. The van der Waals surface area contributed by atoms with E-state index in [4.69, 9.17) is 4.74 Å². The number of nitriles is 1. The van der Waals surface area contributed by atoms with Crippen LogP contribution < -0.4 is 0 Å². The van der Waals surface area contributed by atoms with E-state index in [1.54, 1.807) is 9.80 Å². The molecule has 1 heterocycles. The summed E-state index contributed by atoms with van der Waals surface area (Å²) in [6.45, 7) is 7.05. The average Bonchev–Trinajstić information content (AvgIpc) is 2.45. The largest absolute Gasteiger partial charge is 0.444 e. The van der Waals surface area contributed by atoms with Crippen LogP contribution in [-0.4, -0.2) is 41.1 Å². The molecule has 0 saturated carbocycles. The molecule has 5 nitrogen and oxygen atoms in total. The third-order valence-electron chi connectivity index (χ3n) is 3.34. The lowest BCUT2D eigenvalue weighted by molar-refractivity contribution is 0.0107. The van der Waals surface area contributed by atoms with E-state index in [1.165, 1.54) is 0 Å². The second-order valence-corrected chi connectivity index (χ2v) is 6.15. The fourth-order valence-electron chi connectivity index (χ4n) is 2.36. The Labute approximate surface area is 125 Å². The highest BCUT2D eigenvalue weighted by Crippen LogP contribution is 2.25. The maximum atomic E-state index is 12.2. The summed E-state index contributed by atoms with van der Waals surface area (Å²) in [5.74, 6) is 0. The molecule has 5 heteroatoms. The molecular formula is C16H21N3O2. The molecule has 1 unspecified atom stereocenters. The lowest BCUT2D eigenvalue weighted by Gasteiger charge is -2.39. The first kappa shape index (κ1) is 15.2. The van der Waals surface area contributed by atoms with Crippen LogP contribution in [0, 0.1) is 11.5 Å². The van der Waals surface area contributed by atoms with Crippen molar-refractivity contribution >= 4 is 6.09 Å². The molecule has 0 N–H and O–H groups in total. The van der Waals surface area contributed by atoms with Gasteiger partial charge in [0.25, 0.3) is 0 Å². The van der Waals surface area contributed by atoms with Crippen molar-refractivity contribution in [3.63, 3.8) is 0 Å². The van der Waals surface area contributed by atoms with E-state index in [-0.39, 0.29) is 12.1 Å². The molecule has 0 aliphatic carbocycles. The minimum atomic E-state index is -0.508. The van der Waals surface area contributed by atoms with Gasteiger partial charge in [0.05, 0.1) is 6.04 Å². The quantitative estimate of drug-likeness (QED) is 0.745. The zero-order chi connectivity index (χ0) is 15.5. The van der Waals surface area contributed by atoms with Gasteiger partial charge in [0, 0.05) is 19.6 Å². The van der Waals surface area contributed by atoms with Crippen molar-refractivity contribution in [2.45, 2.75) is 32.4 Å². The zero-order valence-corrected chi connectivity index (χ0v) is 12.7. The first-order valence-corrected chi connectivity index (χ1v) is 7.10. The number of carbonyl (C=O) groups excluding carboxylic acids is 1. The standard InChI is InChI=1S/C16H21N3O2/c1-16(2,3)21-15(20)18-9-10-19(12-17)14(11-18)13-7-5-4-6-8-13/h4-8,14H,9-11H2,1-3H3. The van der Waals surface area contributed by atoms with Crippen molar-refractivity contribution in [2.24, 2.45) is 0 Å². The second kappa shape index (κ2) is 6.04. The topological polar surface area (TPSA) is 56.6 Å². The molecule has 0 aromatic heterocycles. The molecule has 1 aliphatic heterocycles.